The summed E-state index contributed by atoms with van der Waals surface area (Å²) in [5.41, 5.74) is 13.2. The van der Waals surface area contributed by atoms with Gasteiger partial charge in [-0.1, -0.05) is 96.0 Å². The van der Waals surface area contributed by atoms with Gasteiger partial charge < -0.3 is 15.4 Å². The average Bonchev–Trinajstić information content (AvgIpc) is 3.20. The van der Waals surface area contributed by atoms with Gasteiger partial charge in [-0.25, -0.2) is 4.57 Å². The molecule has 5 aromatic rings. The van der Waals surface area contributed by atoms with Gasteiger partial charge in [0.2, 0.25) is 17.8 Å². The fraction of sp³-hybridized carbons (Fsp3) is 0.143. The van der Waals surface area contributed by atoms with E-state index in [9.17, 15) is 5.11 Å². The third-order valence-electron chi connectivity index (χ3n) is 5.97. The topological polar surface area (TPSA) is 68.0 Å². The summed E-state index contributed by atoms with van der Waals surface area (Å²) >= 11 is 0. The fourth-order valence-electron chi connectivity index (χ4n) is 4.43. The van der Waals surface area contributed by atoms with E-state index in [1.54, 1.807) is 6.33 Å². The lowest BCUT2D eigenvalue weighted by Gasteiger charge is -2.12. The van der Waals surface area contributed by atoms with Gasteiger partial charge in [0.25, 0.3) is 0 Å². The van der Waals surface area contributed by atoms with Gasteiger partial charge in [0.1, 0.15) is 5.39 Å². The van der Waals surface area contributed by atoms with Crippen molar-refractivity contribution in [2.24, 2.45) is 0 Å². The van der Waals surface area contributed by atoms with Gasteiger partial charge in [0.15, 0.2) is 0 Å². The number of nitrogens with zero attached hydrogens (tertiary/aromatic N) is 3. The largest absolute Gasteiger partial charge is 0.396 e. The third-order valence-corrected chi connectivity index (χ3v) is 5.97. The van der Waals surface area contributed by atoms with E-state index in [-0.39, 0.29) is 6.61 Å². The van der Waals surface area contributed by atoms with E-state index in [0.29, 0.717) is 25.3 Å². The molecule has 5 rings (SSSR count). The van der Waals surface area contributed by atoms with Crippen LogP contribution in [-0.4, -0.2) is 21.3 Å². The SMILES string of the molecule is Nc1c2c(-c3ccccc3)c(-c3ccccc3)n(Cc3ccccc3)c2nc[n+]1CCCO. The minimum Gasteiger partial charge on any atom is -0.396 e. The molecular weight excluding hydrogens is 408 g/mol. The first-order valence-electron chi connectivity index (χ1n) is 11.2. The molecule has 0 saturated heterocycles. The maximum absolute atomic E-state index is 9.35. The smallest absolute Gasteiger partial charge is 0.232 e. The van der Waals surface area contributed by atoms with E-state index in [0.717, 1.165) is 33.4 Å². The van der Waals surface area contributed by atoms with Gasteiger partial charge in [0, 0.05) is 18.6 Å². The van der Waals surface area contributed by atoms with Crippen molar-refractivity contribution in [3.8, 4) is 22.4 Å². The predicted molar refractivity (Wildman–Crippen MR) is 132 cm³/mol. The predicted octanol–water partition coefficient (Wildman–Crippen LogP) is 4.67. The minimum atomic E-state index is 0.111. The Kier molecular flexibility index (Phi) is 5.87. The van der Waals surface area contributed by atoms with E-state index in [2.05, 4.69) is 77.4 Å². The number of hydrogen-bond donors (Lipinski definition) is 2. The zero-order valence-electron chi connectivity index (χ0n) is 18.4. The Morgan fingerprint density at radius 2 is 1.42 bits per heavy atom. The highest BCUT2D eigenvalue weighted by molar-refractivity contribution is 6.07. The molecule has 0 spiro atoms. The summed E-state index contributed by atoms with van der Waals surface area (Å²) in [6, 6.07) is 31.2. The third kappa shape index (κ3) is 3.99. The molecule has 0 saturated carbocycles. The number of fused-ring (bicyclic) bond motifs is 1. The summed E-state index contributed by atoms with van der Waals surface area (Å²) < 4.78 is 4.21. The second-order valence-electron chi connectivity index (χ2n) is 8.13. The van der Waals surface area contributed by atoms with E-state index < -0.39 is 0 Å². The van der Waals surface area contributed by atoms with E-state index in [4.69, 9.17) is 10.7 Å². The Morgan fingerprint density at radius 1 is 0.818 bits per heavy atom. The molecule has 0 aliphatic rings. The summed E-state index contributed by atoms with van der Waals surface area (Å²) in [6.45, 7) is 1.41. The number of rotatable bonds is 7. The minimum absolute atomic E-state index is 0.111. The van der Waals surface area contributed by atoms with Crippen molar-refractivity contribution in [2.75, 3.05) is 12.3 Å². The van der Waals surface area contributed by atoms with Crippen molar-refractivity contribution < 1.29 is 9.67 Å². The molecule has 0 aliphatic carbocycles. The van der Waals surface area contributed by atoms with Gasteiger partial charge in [0.05, 0.1) is 18.8 Å². The quantitative estimate of drug-likeness (QED) is 0.365. The van der Waals surface area contributed by atoms with Crippen LogP contribution in [0.4, 0.5) is 5.82 Å². The normalized spacial score (nSPS) is 11.2. The number of benzene rings is 3. The summed E-state index contributed by atoms with van der Waals surface area (Å²) in [7, 11) is 0. The summed E-state index contributed by atoms with van der Waals surface area (Å²) in [5, 5.41) is 10.3. The fourth-order valence-corrected chi connectivity index (χ4v) is 4.43. The van der Waals surface area contributed by atoms with Crippen LogP contribution in [0.2, 0.25) is 0 Å². The molecule has 5 heteroatoms. The highest BCUT2D eigenvalue weighted by Crippen LogP contribution is 2.42. The molecule has 0 amide bonds. The molecule has 0 bridgehead atoms. The van der Waals surface area contributed by atoms with E-state index in [1.165, 1.54) is 5.56 Å². The number of nitrogens with two attached hydrogens (primary N) is 1. The molecule has 33 heavy (non-hydrogen) atoms. The number of hydrogen-bond acceptors (Lipinski definition) is 3. The lowest BCUT2D eigenvalue weighted by molar-refractivity contribution is -0.685. The molecule has 5 nitrogen and oxygen atoms in total. The zero-order chi connectivity index (χ0) is 22.6. The first kappa shape index (κ1) is 20.9. The summed E-state index contributed by atoms with van der Waals surface area (Å²) in [4.78, 5) is 4.89. The Bertz CT molecular complexity index is 1360. The molecule has 2 aromatic heterocycles. The number of aromatic nitrogens is 3. The average molecular weight is 436 g/mol. The molecule has 0 radical (unpaired) electrons. The molecule has 164 valence electrons. The van der Waals surface area contributed by atoms with Crippen molar-refractivity contribution in [2.45, 2.75) is 19.5 Å². The number of anilines is 1. The maximum atomic E-state index is 9.35. The van der Waals surface area contributed by atoms with Crippen LogP contribution < -0.4 is 10.3 Å². The Hall–Kier alpha value is -3.96. The van der Waals surface area contributed by atoms with Crippen LogP contribution in [0.1, 0.15) is 12.0 Å². The number of aliphatic hydroxyl groups is 1. The lowest BCUT2D eigenvalue weighted by Crippen LogP contribution is -2.38. The monoisotopic (exact) mass is 435 g/mol. The first-order chi connectivity index (χ1) is 16.3. The molecule has 0 aliphatic heterocycles. The number of aliphatic hydroxyl groups excluding tert-OH is 1. The van der Waals surface area contributed by atoms with Crippen molar-refractivity contribution in [3.63, 3.8) is 0 Å². The van der Waals surface area contributed by atoms with Crippen molar-refractivity contribution >= 4 is 16.9 Å². The molecule has 0 unspecified atom stereocenters. The molecule has 2 heterocycles. The van der Waals surface area contributed by atoms with Crippen LogP contribution in [0.5, 0.6) is 0 Å². The van der Waals surface area contributed by atoms with Gasteiger partial charge >= 0.3 is 0 Å². The molecule has 3 aromatic carbocycles. The van der Waals surface area contributed by atoms with E-state index >= 15 is 0 Å². The Labute approximate surface area is 193 Å². The molecule has 0 atom stereocenters. The van der Waals surface area contributed by atoms with Crippen LogP contribution >= 0.6 is 0 Å². The molecular formula is C28H27N4O+. The Balaban J connectivity index is 1.86. The second-order valence-corrected chi connectivity index (χ2v) is 8.13. The number of aryl methyl sites for hydroxylation is 1. The van der Waals surface area contributed by atoms with Gasteiger partial charge in [-0.05, 0) is 16.7 Å². The highest BCUT2D eigenvalue weighted by Gasteiger charge is 2.27. The lowest BCUT2D eigenvalue weighted by atomic mass is 9.99. The Morgan fingerprint density at radius 3 is 2.06 bits per heavy atom. The summed E-state index contributed by atoms with van der Waals surface area (Å²) in [6.07, 6.45) is 2.41. The van der Waals surface area contributed by atoms with Crippen LogP contribution in [0.15, 0.2) is 97.3 Å². The van der Waals surface area contributed by atoms with Gasteiger partial charge in [-0.3, -0.25) is 0 Å². The second kappa shape index (κ2) is 9.27. The van der Waals surface area contributed by atoms with Crippen molar-refractivity contribution in [3.05, 3.63) is 103 Å². The number of nitrogen functional groups attached to an aromatic ring is 1. The summed E-state index contributed by atoms with van der Waals surface area (Å²) in [5.74, 6) is 0.663. The zero-order valence-corrected chi connectivity index (χ0v) is 18.4. The van der Waals surface area contributed by atoms with E-state index in [1.807, 2.05) is 22.8 Å². The molecule has 3 N–H and O–H groups in total. The standard InChI is InChI=1S/C28H26N4O/c29-27-25-24(22-13-6-2-7-14-22)26(23-15-8-3-9-16-23)32(19-21-11-4-1-5-12-21)28(25)30-20-31(27)17-10-18-33/h1-9,11-16,20,29,33H,10,17-19H2/p+1. The van der Waals surface area contributed by atoms with Crippen molar-refractivity contribution in [1.82, 2.24) is 9.55 Å². The highest BCUT2D eigenvalue weighted by atomic mass is 16.3. The van der Waals surface area contributed by atoms with Crippen LogP contribution in [-0.2, 0) is 13.1 Å². The van der Waals surface area contributed by atoms with Gasteiger partial charge in [-0.15, -0.1) is 0 Å². The molecule has 0 fully saturated rings. The first-order valence-corrected chi connectivity index (χ1v) is 11.2. The van der Waals surface area contributed by atoms with Crippen LogP contribution in [0.3, 0.4) is 0 Å². The van der Waals surface area contributed by atoms with Crippen molar-refractivity contribution in [1.29, 1.82) is 0 Å². The van der Waals surface area contributed by atoms with Gasteiger partial charge in [-0.2, -0.15) is 0 Å². The maximum Gasteiger partial charge on any atom is 0.232 e. The van der Waals surface area contributed by atoms with Crippen LogP contribution in [0, 0.1) is 0 Å². The van der Waals surface area contributed by atoms with Crippen LogP contribution in [0.25, 0.3) is 33.4 Å².